The van der Waals surface area contributed by atoms with Crippen molar-refractivity contribution in [2.75, 3.05) is 13.4 Å². The molecule has 1 aromatic rings. The minimum atomic E-state index is -0.714. The lowest BCUT2D eigenvalue weighted by Crippen LogP contribution is -2.31. The van der Waals surface area contributed by atoms with Gasteiger partial charge in [0.15, 0.2) is 23.9 Å². The molecule has 1 aromatic carbocycles. The van der Waals surface area contributed by atoms with Crippen molar-refractivity contribution in [3.63, 3.8) is 0 Å². The smallest absolute Gasteiger partial charge is 0.354 e. The van der Waals surface area contributed by atoms with Gasteiger partial charge in [-0.05, 0) is 18.2 Å². The molecule has 114 valence electrons. The molecular weight excluding hydrogens is 292 g/mol. The first kappa shape index (κ1) is 14.1. The first-order chi connectivity index (χ1) is 10.6. The molecule has 0 spiro atoms. The molecule has 0 aromatic heterocycles. The summed E-state index contributed by atoms with van der Waals surface area (Å²) in [5, 5.41) is 3.60. The Labute approximate surface area is 125 Å². The third-order valence-corrected chi connectivity index (χ3v) is 3.17. The van der Waals surface area contributed by atoms with Crippen LogP contribution in [0, 0.1) is 0 Å². The molecule has 0 saturated carbocycles. The highest BCUT2D eigenvalue weighted by Crippen LogP contribution is 2.32. The minimum Gasteiger partial charge on any atom is -0.454 e. The number of ketones is 1. The van der Waals surface area contributed by atoms with Crippen molar-refractivity contribution < 1.29 is 28.6 Å². The number of ether oxygens (including phenoxy) is 3. The van der Waals surface area contributed by atoms with E-state index in [1.807, 2.05) is 0 Å². The van der Waals surface area contributed by atoms with Crippen LogP contribution < -0.4 is 14.9 Å². The lowest BCUT2D eigenvalue weighted by atomic mass is 10.1. The summed E-state index contributed by atoms with van der Waals surface area (Å²) in [5.41, 5.74) is 2.65. The zero-order chi connectivity index (χ0) is 15.5. The van der Waals surface area contributed by atoms with Gasteiger partial charge in [0.2, 0.25) is 12.7 Å². The van der Waals surface area contributed by atoms with E-state index >= 15 is 0 Å². The van der Waals surface area contributed by atoms with E-state index in [4.69, 9.17) is 14.2 Å². The molecule has 2 heterocycles. The fraction of sp³-hybridized carbons (Fsp3) is 0.286. The van der Waals surface area contributed by atoms with Gasteiger partial charge in [-0.15, -0.1) is 0 Å². The van der Waals surface area contributed by atoms with Crippen LogP contribution in [0.4, 0.5) is 0 Å². The second-order valence-corrected chi connectivity index (χ2v) is 4.66. The van der Waals surface area contributed by atoms with Crippen molar-refractivity contribution in [2.45, 2.75) is 12.8 Å². The molecule has 0 aliphatic carbocycles. The Bertz CT molecular complexity index is 682. The number of hydrazone groups is 1. The number of nitrogens with one attached hydrogen (secondary N) is 1. The molecule has 0 radical (unpaired) electrons. The number of Topliss-reactive ketones (excluding diaryl/α,β-unsaturated/α-hetero) is 1. The van der Waals surface area contributed by atoms with E-state index in [1.54, 1.807) is 12.1 Å². The molecule has 0 atom stereocenters. The summed E-state index contributed by atoms with van der Waals surface area (Å²) in [7, 11) is 0. The van der Waals surface area contributed by atoms with E-state index in [2.05, 4.69) is 10.5 Å². The monoisotopic (exact) mass is 304 g/mol. The summed E-state index contributed by atoms with van der Waals surface area (Å²) >= 11 is 0. The van der Waals surface area contributed by atoms with E-state index in [0.29, 0.717) is 17.1 Å². The van der Waals surface area contributed by atoms with Gasteiger partial charge < -0.3 is 14.2 Å². The second kappa shape index (κ2) is 5.84. The van der Waals surface area contributed by atoms with Crippen molar-refractivity contribution in [1.82, 2.24) is 5.43 Å². The van der Waals surface area contributed by atoms with E-state index < -0.39 is 12.6 Å². The van der Waals surface area contributed by atoms with Crippen molar-refractivity contribution in [2.24, 2.45) is 5.10 Å². The van der Waals surface area contributed by atoms with Gasteiger partial charge in [-0.2, -0.15) is 5.10 Å². The van der Waals surface area contributed by atoms with Gasteiger partial charge in [0.05, 0.1) is 0 Å². The summed E-state index contributed by atoms with van der Waals surface area (Å²) in [6, 6.07) is 4.73. The van der Waals surface area contributed by atoms with E-state index in [0.717, 1.165) is 0 Å². The maximum Gasteiger partial charge on any atom is 0.354 e. The third kappa shape index (κ3) is 2.90. The topological polar surface area (TPSA) is 103 Å². The van der Waals surface area contributed by atoms with Crippen LogP contribution in [0.15, 0.2) is 23.3 Å². The predicted molar refractivity (Wildman–Crippen MR) is 72.7 cm³/mol. The SMILES string of the molecule is O=C1CCC(C(=O)OCC(=O)c2ccc3c(c2)OCO3)=NN1. The van der Waals surface area contributed by atoms with Crippen LogP contribution in [0.1, 0.15) is 23.2 Å². The summed E-state index contributed by atoms with van der Waals surface area (Å²) in [4.78, 5) is 34.7. The first-order valence-electron chi connectivity index (χ1n) is 6.59. The Hall–Kier alpha value is -2.90. The van der Waals surface area contributed by atoms with Crippen LogP contribution in [-0.2, 0) is 14.3 Å². The van der Waals surface area contributed by atoms with Crippen molar-refractivity contribution in [3.8, 4) is 11.5 Å². The molecule has 0 fully saturated rings. The van der Waals surface area contributed by atoms with E-state index in [-0.39, 0.29) is 37.0 Å². The van der Waals surface area contributed by atoms with Gasteiger partial charge in [-0.3, -0.25) is 9.59 Å². The number of nitrogens with zero attached hydrogens (tertiary/aromatic N) is 1. The number of carbonyl (C=O) groups is 3. The van der Waals surface area contributed by atoms with Crippen molar-refractivity contribution in [3.05, 3.63) is 23.8 Å². The second-order valence-electron chi connectivity index (χ2n) is 4.66. The quantitative estimate of drug-likeness (QED) is 0.638. The predicted octanol–water partition coefficient (Wildman–Crippen LogP) is 0.407. The Morgan fingerprint density at radius 1 is 1.23 bits per heavy atom. The number of rotatable bonds is 4. The molecule has 3 rings (SSSR count). The average Bonchev–Trinajstić information content (AvgIpc) is 3.00. The number of benzene rings is 1. The number of amides is 1. The fourth-order valence-electron chi connectivity index (χ4n) is 1.99. The normalized spacial score (nSPS) is 15.8. The maximum absolute atomic E-state index is 12.0. The number of esters is 1. The lowest BCUT2D eigenvalue weighted by molar-refractivity contribution is -0.134. The Morgan fingerprint density at radius 2 is 2.05 bits per heavy atom. The first-order valence-corrected chi connectivity index (χ1v) is 6.59. The van der Waals surface area contributed by atoms with Crippen LogP contribution in [0.25, 0.3) is 0 Å². The number of carbonyl (C=O) groups excluding carboxylic acids is 3. The third-order valence-electron chi connectivity index (χ3n) is 3.17. The van der Waals surface area contributed by atoms with Crippen molar-refractivity contribution >= 4 is 23.4 Å². The van der Waals surface area contributed by atoms with Crippen LogP contribution in [0.3, 0.4) is 0 Å². The molecular formula is C14H12N2O6. The van der Waals surface area contributed by atoms with Crippen LogP contribution >= 0.6 is 0 Å². The lowest BCUT2D eigenvalue weighted by Gasteiger charge is -2.11. The molecule has 2 aliphatic heterocycles. The fourth-order valence-corrected chi connectivity index (χ4v) is 1.99. The molecule has 8 heteroatoms. The van der Waals surface area contributed by atoms with Crippen LogP contribution in [0.2, 0.25) is 0 Å². The Morgan fingerprint density at radius 3 is 2.82 bits per heavy atom. The van der Waals surface area contributed by atoms with Crippen molar-refractivity contribution in [1.29, 1.82) is 0 Å². The van der Waals surface area contributed by atoms with E-state index in [1.165, 1.54) is 6.07 Å². The maximum atomic E-state index is 12.0. The summed E-state index contributed by atoms with van der Waals surface area (Å²) < 4.78 is 15.2. The highest BCUT2D eigenvalue weighted by molar-refractivity contribution is 6.37. The Balaban J connectivity index is 1.58. The molecule has 8 nitrogen and oxygen atoms in total. The minimum absolute atomic E-state index is 0.0955. The number of fused-ring (bicyclic) bond motifs is 1. The number of hydrogen-bond acceptors (Lipinski definition) is 7. The molecule has 22 heavy (non-hydrogen) atoms. The molecule has 2 aliphatic rings. The van der Waals surface area contributed by atoms with Crippen LogP contribution in [-0.4, -0.2) is 36.8 Å². The standard InChI is InChI=1S/C14H12N2O6/c17-10(8-1-3-11-12(5-8)22-7-21-11)6-20-14(19)9-2-4-13(18)16-15-9/h1,3,5H,2,4,6-7H2,(H,16,18). The zero-order valence-corrected chi connectivity index (χ0v) is 11.5. The molecule has 1 amide bonds. The summed E-state index contributed by atoms with van der Waals surface area (Å²) in [6.07, 6.45) is 0.368. The molecule has 1 N–H and O–H groups in total. The van der Waals surface area contributed by atoms with Gasteiger partial charge in [-0.1, -0.05) is 0 Å². The average molecular weight is 304 g/mol. The summed E-state index contributed by atoms with van der Waals surface area (Å²) in [5.74, 6) is -0.286. The largest absolute Gasteiger partial charge is 0.454 e. The van der Waals surface area contributed by atoms with Gasteiger partial charge >= 0.3 is 5.97 Å². The van der Waals surface area contributed by atoms with Gasteiger partial charge in [0, 0.05) is 18.4 Å². The molecule has 0 saturated heterocycles. The Kier molecular flexibility index (Phi) is 3.73. The number of hydrogen-bond donors (Lipinski definition) is 1. The molecule has 0 unspecified atom stereocenters. The molecule has 0 bridgehead atoms. The van der Waals surface area contributed by atoms with E-state index in [9.17, 15) is 14.4 Å². The highest BCUT2D eigenvalue weighted by Gasteiger charge is 2.21. The summed E-state index contributed by atoms with van der Waals surface area (Å²) in [6.45, 7) is -0.293. The highest BCUT2D eigenvalue weighted by atomic mass is 16.7. The van der Waals surface area contributed by atoms with Gasteiger partial charge in [-0.25, -0.2) is 10.2 Å². The van der Waals surface area contributed by atoms with Gasteiger partial charge in [0.25, 0.3) is 0 Å². The van der Waals surface area contributed by atoms with Gasteiger partial charge in [0.1, 0.15) is 5.71 Å². The van der Waals surface area contributed by atoms with Crippen LogP contribution in [0.5, 0.6) is 11.5 Å². The zero-order valence-electron chi connectivity index (χ0n) is 11.5.